The van der Waals surface area contributed by atoms with Crippen molar-refractivity contribution in [3.8, 4) is 0 Å². The van der Waals surface area contributed by atoms with Crippen molar-refractivity contribution in [2.24, 2.45) is 5.92 Å². The Labute approximate surface area is 80.2 Å². The highest BCUT2D eigenvalue weighted by Gasteiger charge is 2.14. The van der Waals surface area contributed by atoms with E-state index < -0.39 is 0 Å². The summed E-state index contributed by atoms with van der Waals surface area (Å²) >= 11 is 0. The molecule has 4 nitrogen and oxygen atoms in total. The van der Waals surface area contributed by atoms with E-state index in [2.05, 4.69) is 0 Å². The molecule has 2 unspecified atom stereocenters. The van der Waals surface area contributed by atoms with Gasteiger partial charge in [-0.25, -0.2) is 0 Å². The van der Waals surface area contributed by atoms with Crippen LogP contribution in [0, 0.1) is 5.92 Å². The molecule has 0 aromatic rings. The second-order valence-electron chi connectivity index (χ2n) is 2.65. The molecule has 0 aliphatic carbocycles. The smallest absolute Gasteiger partial charge is 0.0852 e. The lowest BCUT2D eigenvalue weighted by molar-refractivity contribution is -0.0266. The van der Waals surface area contributed by atoms with Crippen molar-refractivity contribution < 1.29 is 20.1 Å². The summed E-state index contributed by atoms with van der Waals surface area (Å²) in [6.45, 7) is 6.26. The summed E-state index contributed by atoms with van der Waals surface area (Å²) in [5.74, 6) is 0.0185. The fourth-order valence-electron chi connectivity index (χ4n) is 0.729. The van der Waals surface area contributed by atoms with Gasteiger partial charge in [-0.05, 0) is 13.8 Å². The molecule has 0 radical (unpaired) electrons. The maximum absolute atomic E-state index is 8.72. The van der Waals surface area contributed by atoms with Gasteiger partial charge in [0.15, 0.2) is 0 Å². The SMILES string of the molecule is CCO.CCOC(CO)C(C)CO. The van der Waals surface area contributed by atoms with E-state index in [1.165, 1.54) is 0 Å². The molecule has 2 atom stereocenters. The molecule has 3 N–H and O–H groups in total. The molecule has 0 spiro atoms. The van der Waals surface area contributed by atoms with Gasteiger partial charge in [0, 0.05) is 25.7 Å². The van der Waals surface area contributed by atoms with Gasteiger partial charge in [-0.3, -0.25) is 0 Å². The largest absolute Gasteiger partial charge is 0.397 e. The Hall–Kier alpha value is -0.160. The number of aliphatic hydroxyl groups excluding tert-OH is 3. The minimum Gasteiger partial charge on any atom is -0.397 e. The lowest BCUT2D eigenvalue weighted by atomic mass is 10.1. The van der Waals surface area contributed by atoms with Crippen molar-refractivity contribution in [3.63, 3.8) is 0 Å². The standard InChI is InChI=1S/C7H16O3.C2H6O/c1-3-10-7(5-9)6(2)4-8;1-2-3/h6-9H,3-5H2,1-2H3;3H,2H2,1H3. The van der Waals surface area contributed by atoms with E-state index in [0.29, 0.717) is 6.61 Å². The van der Waals surface area contributed by atoms with E-state index in [1.54, 1.807) is 6.92 Å². The molecule has 0 aromatic heterocycles. The zero-order chi connectivity index (χ0) is 10.7. The maximum atomic E-state index is 8.72. The number of hydrogen-bond donors (Lipinski definition) is 3. The lowest BCUT2D eigenvalue weighted by Gasteiger charge is -2.19. The molecule has 0 aliphatic heterocycles. The van der Waals surface area contributed by atoms with Crippen LogP contribution in [0.2, 0.25) is 0 Å². The van der Waals surface area contributed by atoms with Gasteiger partial charge < -0.3 is 20.1 Å². The van der Waals surface area contributed by atoms with Crippen molar-refractivity contribution in [2.45, 2.75) is 26.9 Å². The molecule has 0 fully saturated rings. The molecule has 0 saturated heterocycles. The van der Waals surface area contributed by atoms with Crippen LogP contribution < -0.4 is 0 Å². The van der Waals surface area contributed by atoms with Gasteiger partial charge in [0.2, 0.25) is 0 Å². The van der Waals surface area contributed by atoms with Gasteiger partial charge in [0.25, 0.3) is 0 Å². The van der Waals surface area contributed by atoms with Crippen LogP contribution in [0.5, 0.6) is 0 Å². The van der Waals surface area contributed by atoms with Crippen LogP contribution in [0.1, 0.15) is 20.8 Å². The van der Waals surface area contributed by atoms with E-state index in [4.69, 9.17) is 20.1 Å². The summed E-state index contributed by atoms with van der Waals surface area (Å²) in [4.78, 5) is 0. The van der Waals surface area contributed by atoms with Gasteiger partial charge in [-0.1, -0.05) is 6.92 Å². The topological polar surface area (TPSA) is 69.9 Å². The molecule has 0 saturated carbocycles. The first-order valence-electron chi connectivity index (χ1n) is 4.61. The van der Waals surface area contributed by atoms with Crippen LogP contribution in [0.25, 0.3) is 0 Å². The third-order valence-corrected chi connectivity index (χ3v) is 1.48. The Balaban J connectivity index is 0. The zero-order valence-electron chi connectivity index (χ0n) is 8.73. The highest BCUT2D eigenvalue weighted by molar-refractivity contribution is 4.63. The fourth-order valence-corrected chi connectivity index (χ4v) is 0.729. The van der Waals surface area contributed by atoms with Crippen molar-refractivity contribution in [2.75, 3.05) is 26.4 Å². The number of hydrogen-bond acceptors (Lipinski definition) is 4. The molecule has 0 aliphatic rings. The molecule has 13 heavy (non-hydrogen) atoms. The minimum atomic E-state index is -0.213. The molecular weight excluding hydrogens is 172 g/mol. The quantitative estimate of drug-likeness (QED) is 0.576. The van der Waals surface area contributed by atoms with Crippen LogP contribution in [0.4, 0.5) is 0 Å². The van der Waals surface area contributed by atoms with Crippen LogP contribution in [-0.4, -0.2) is 47.9 Å². The molecule has 0 rings (SSSR count). The van der Waals surface area contributed by atoms with Crippen molar-refractivity contribution in [3.05, 3.63) is 0 Å². The summed E-state index contributed by atoms with van der Waals surface area (Å²) in [6.07, 6.45) is -0.213. The predicted octanol–water partition coefficient (Wildman–Crippen LogP) is 0.0108. The summed E-state index contributed by atoms with van der Waals surface area (Å²) in [5.41, 5.74) is 0. The Morgan fingerprint density at radius 3 is 1.77 bits per heavy atom. The van der Waals surface area contributed by atoms with Crippen LogP contribution in [0.3, 0.4) is 0 Å². The number of aliphatic hydroxyl groups is 3. The molecule has 0 heterocycles. The monoisotopic (exact) mass is 194 g/mol. The van der Waals surface area contributed by atoms with Crippen LogP contribution >= 0.6 is 0 Å². The van der Waals surface area contributed by atoms with Gasteiger partial charge in [-0.15, -0.1) is 0 Å². The second-order valence-corrected chi connectivity index (χ2v) is 2.65. The first-order chi connectivity index (χ1) is 6.17. The average Bonchev–Trinajstić information content (AvgIpc) is 2.14. The van der Waals surface area contributed by atoms with Crippen molar-refractivity contribution in [1.29, 1.82) is 0 Å². The number of rotatable bonds is 5. The van der Waals surface area contributed by atoms with Gasteiger partial charge >= 0.3 is 0 Å². The highest BCUT2D eigenvalue weighted by atomic mass is 16.5. The van der Waals surface area contributed by atoms with Gasteiger partial charge in [0.1, 0.15) is 0 Å². The molecular formula is C9H22O4. The molecule has 82 valence electrons. The van der Waals surface area contributed by atoms with E-state index in [9.17, 15) is 0 Å². The van der Waals surface area contributed by atoms with Crippen LogP contribution in [-0.2, 0) is 4.74 Å². The second kappa shape index (κ2) is 11.8. The summed E-state index contributed by atoms with van der Waals surface area (Å²) < 4.78 is 5.13. The van der Waals surface area contributed by atoms with Crippen LogP contribution in [0.15, 0.2) is 0 Å². The minimum absolute atomic E-state index is 0.0183. The summed E-state index contributed by atoms with van der Waals surface area (Å²) in [6, 6.07) is 0. The van der Waals surface area contributed by atoms with Crippen molar-refractivity contribution >= 4 is 0 Å². The Morgan fingerprint density at radius 1 is 1.08 bits per heavy atom. The normalized spacial score (nSPS) is 14.3. The maximum Gasteiger partial charge on any atom is 0.0852 e. The van der Waals surface area contributed by atoms with E-state index in [0.717, 1.165) is 0 Å². The molecule has 0 bridgehead atoms. The fraction of sp³-hybridized carbons (Fsp3) is 1.00. The summed E-state index contributed by atoms with van der Waals surface area (Å²) in [5, 5.41) is 25.0. The predicted molar refractivity (Wildman–Crippen MR) is 51.5 cm³/mol. The Kier molecular flexibility index (Phi) is 14.0. The van der Waals surface area contributed by atoms with E-state index in [-0.39, 0.29) is 31.8 Å². The van der Waals surface area contributed by atoms with Gasteiger partial charge in [-0.2, -0.15) is 0 Å². The zero-order valence-corrected chi connectivity index (χ0v) is 8.73. The molecule has 4 heteroatoms. The van der Waals surface area contributed by atoms with E-state index in [1.807, 2.05) is 13.8 Å². The third kappa shape index (κ3) is 9.76. The van der Waals surface area contributed by atoms with Crippen molar-refractivity contribution in [1.82, 2.24) is 0 Å². The average molecular weight is 194 g/mol. The lowest BCUT2D eigenvalue weighted by Crippen LogP contribution is -2.28. The van der Waals surface area contributed by atoms with Gasteiger partial charge in [0.05, 0.1) is 12.7 Å². The molecule has 0 amide bonds. The Bertz CT molecular complexity index is 87.7. The first kappa shape index (κ1) is 15.3. The third-order valence-electron chi connectivity index (χ3n) is 1.48. The summed E-state index contributed by atoms with van der Waals surface area (Å²) in [7, 11) is 0. The Morgan fingerprint density at radius 2 is 1.54 bits per heavy atom. The highest BCUT2D eigenvalue weighted by Crippen LogP contribution is 2.05. The first-order valence-corrected chi connectivity index (χ1v) is 4.61. The molecule has 0 aromatic carbocycles. The number of ether oxygens (including phenoxy) is 1. The van der Waals surface area contributed by atoms with E-state index >= 15 is 0 Å².